The molecular formula is C35H41NO5. The smallest absolute Gasteiger partial charge is 0.234 e. The average molecular weight is 556 g/mol. The fraction of sp³-hybridized carbons (Fsp3) is 0.571. The Morgan fingerprint density at radius 1 is 1.15 bits per heavy atom. The maximum atomic E-state index is 15.1. The van der Waals surface area contributed by atoms with Gasteiger partial charge in [-0.25, -0.2) is 0 Å². The molecule has 2 saturated carbocycles. The summed E-state index contributed by atoms with van der Waals surface area (Å²) in [4.78, 5) is 41.8. The summed E-state index contributed by atoms with van der Waals surface area (Å²) in [5.74, 6) is -0.959. The van der Waals surface area contributed by atoms with Crippen molar-refractivity contribution in [3.05, 3.63) is 66.0 Å². The normalized spacial score (nSPS) is 45.8. The Morgan fingerprint density at radius 3 is 2.56 bits per heavy atom. The number of carbonyl (C=O) groups is 3. The highest BCUT2D eigenvalue weighted by Crippen LogP contribution is 2.67. The van der Waals surface area contributed by atoms with Gasteiger partial charge in [0.25, 0.3) is 0 Å². The van der Waals surface area contributed by atoms with Gasteiger partial charge in [-0.3, -0.25) is 14.4 Å². The summed E-state index contributed by atoms with van der Waals surface area (Å²) in [6.45, 7) is 15.0. The number of fused-ring (bicyclic) bond motifs is 4. The van der Waals surface area contributed by atoms with Crippen LogP contribution in [0, 0.1) is 58.7 Å². The molecule has 4 heterocycles. The number of Topliss-reactive ketones (excluding diaryl/α,β-unsaturated/α-hetero) is 2. The number of ketones is 2. The molecule has 0 radical (unpaired) electrons. The first-order chi connectivity index (χ1) is 19.5. The molecule has 1 aromatic carbocycles. The van der Waals surface area contributed by atoms with Crippen molar-refractivity contribution in [3.8, 4) is 5.75 Å². The van der Waals surface area contributed by atoms with Crippen LogP contribution in [0.3, 0.4) is 0 Å². The number of nitrogens with one attached hydrogen (secondary N) is 1. The fourth-order valence-corrected chi connectivity index (χ4v) is 10.8. The van der Waals surface area contributed by atoms with Crippen molar-refractivity contribution in [2.45, 2.75) is 65.7 Å². The molecule has 1 N–H and O–H groups in total. The van der Waals surface area contributed by atoms with Crippen molar-refractivity contribution in [1.29, 1.82) is 0 Å². The lowest BCUT2D eigenvalue weighted by Crippen LogP contribution is -2.49. The number of rotatable bonds is 2. The number of amides is 1. The van der Waals surface area contributed by atoms with Crippen LogP contribution in [0.2, 0.25) is 0 Å². The number of carbonyl (C=O) groups excluding carboxylic acids is 3. The van der Waals surface area contributed by atoms with Crippen molar-refractivity contribution >= 4 is 17.5 Å². The van der Waals surface area contributed by atoms with Gasteiger partial charge in [0, 0.05) is 35.7 Å². The first-order valence-electron chi connectivity index (χ1n) is 15.3. The minimum Gasteiger partial charge on any atom is -0.490 e. The average Bonchev–Trinajstić information content (AvgIpc) is 3.47. The van der Waals surface area contributed by atoms with Gasteiger partial charge in [0.05, 0.1) is 12.2 Å². The van der Waals surface area contributed by atoms with Crippen molar-refractivity contribution in [2.75, 3.05) is 0 Å². The van der Waals surface area contributed by atoms with Crippen LogP contribution in [-0.2, 0) is 25.5 Å². The summed E-state index contributed by atoms with van der Waals surface area (Å²) in [6.07, 6.45) is 7.94. The SMILES string of the molecule is C=C[C@@H]1C=C(C)[C@H]2[C@@H]3[C@H](Oc4ccc(cc4)C[C@]45NC(=O)[C@H](C(=O)[C@@H]13)[C@H]4C(C(C)=O)=CO5)[C@@H]1[C@@H](C)C[C@@H](C)C[C@]12C. The maximum absolute atomic E-state index is 15.1. The molecule has 1 amide bonds. The molecule has 1 aromatic rings. The van der Waals surface area contributed by atoms with Crippen molar-refractivity contribution in [2.24, 2.45) is 58.7 Å². The van der Waals surface area contributed by atoms with E-state index in [1.54, 1.807) is 0 Å². The molecule has 4 aliphatic heterocycles. The highest BCUT2D eigenvalue weighted by molar-refractivity contribution is 6.08. The van der Waals surface area contributed by atoms with Crippen LogP contribution in [0.1, 0.15) is 53.0 Å². The zero-order valence-corrected chi connectivity index (χ0v) is 24.7. The van der Waals surface area contributed by atoms with Crippen LogP contribution in [-0.4, -0.2) is 29.3 Å². The quantitative estimate of drug-likeness (QED) is 0.389. The van der Waals surface area contributed by atoms with E-state index in [1.807, 2.05) is 30.3 Å². The molecule has 3 fully saturated rings. The molecule has 0 spiro atoms. The minimum absolute atomic E-state index is 0.0444. The molecule has 6 nitrogen and oxygen atoms in total. The molecule has 3 aliphatic carbocycles. The Balaban J connectivity index is 1.46. The van der Waals surface area contributed by atoms with E-state index in [4.69, 9.17) is 9.47 Å². The van der Waals surface area contributed by atoms with Gasteiger partial charge in [-0.15, -0.1) is 6.58 Å². The zero-order valence-electron chi connectivity index (χ0n) is 24.7. The summed E-state index contributed by atoms with van der Waals surface area (Å²) >= 11 is 0. The van der Waals surface area contributed by atoms with Gasteiger partial charge in [-0.2, -0.15) is 0 Å². The third-order valence-electron chi connectivity index (χ3n) is 11.7. The van der Waals surface area contributed by atoms with E-state index >= 15 is 4.79 Å². The molecule has 0 unspecified atom stereocenters. The van der Waals surface area contributed by atoms with Crippen LogP contribution in [0.25, 0.3) is 0 Å². The van der Waals surface area contributed by atoms with Crippen LogP contribution in [0.5, 0.6) is 5.75 Å². The molecule has 8 rings (SSSR count). The summed E-state index contributed by atoms with van der Waals surface area (Å²) in [5, 5.41) is 3.07. The van der Waals surface area contributed by atoms with E-state index in [1.165, 1.54) is 18.8 Å². The number of allylic oxidation sites excluding steroid dienone is 3. The largest absolute Gasteiger partial charge is 0.490 e. The van der Waals surface area contributed by atoms with Crippen molar-refractivity contribution in [1.82, 2.24) is 5.32 Å². The third kappa shape index (κ3) is 3.58. The van der Waals surface area contributed by atoms with Crippen molar-refractivity contribution in [3.63, 3.8) is 0 Å². The van der Waals surface area contributed by atoms with E-state index < -0.39 is 23.5 Å². The van der Waals surface area contributed by atoms with E-state index in [0.29, 0.717) is 23.8 Å². The van der Waals surface area contributed by atoms with Gasteiger partial charge in [-0.1, -0.05) is 50.6 Å². The Hall–Kier alpha value is -3.15. The van der Waals surface area contributed by atoms with Gasteiger partial charge >= 0.3 is 0 Å². The molecule has 41 heavy (non-hydrogen) atoms. The molecular weight excluding hydrogens is 514 g/mol. The van der Waals surface area contributed by atoms with Crippen LogP contribution in [0.4, 0.5) is 0 Å². The molecule has 12 atom stereocenters. The van der Waals surface area contributed by atoms with Gasteiger partial charge in [-0.05, 0) is 67.6 Å². The van der Waals surface area contributed by atoms with E-state index in [-0.39, 0.29) is 52.7 Å². The zero-order chi connectivity index (χ0) is 29.0. The van der Waals surface area contributed by atoms with E-state index in [0.717, 1.165) is 24.2 Å². The highest BCUT2D eigenvalue weighted by Gasteiger charge is 2.69. The predicted octanol–water partition coefficient (Wildman–Crippen LogP) is 5.43. The lowest BCUT2D eigenvalue weighted by Gasteiger charge is -2.48. The maximum Gasteiger partial charge on any atom is 0.234 e. The molecule has 1 saturated heterocycles. The summed E-state index contributed by atoms with van der Waals surface area (Å²) in [6, 6.07) is 8.05. The number of benzene rings is 1. The Morgan fingerprint density at radius 2 is 1.88 bits per heavy atom. The van der Waals surface area contributed by atoms with Gasteiger partial charge in [0.15, 0.2) is 17.3 Å². The third-order valence-corrected chi connectivity index (χ3v) is 11.7. The van der Waals surface area contributed by atoms with Crippen LogP contribution in [0.15, 0.2) is 60.4 Å². The van der Waals surface area contributed by atoms with E-state index in [9.17, 15) is 9.59 Å². The van der Waals surface area contributed by atoms with Gasteiger partial charge in [0.2, 0.25) is 5.91 Å². The summed E-state index contributed by atoms with van der Waals surface area (Å²) in [7, 11) is 0. The molecule has 0 aromatic heterocycles. The minimum atomic E-state index is -1.17. The first kappa shape index (κ1) is 26.7. The number of hydrogen-bond acceptors (Lipinski definition) is 5. The Labute approximate surface area is 242 Å². The van der Waals surface area contributed by atoms with E-state index in [2.05, 4.69) is 45.7 Å². The van der Waals surface area contributed by atoms with Crippen LogP contribution < -0.4 is 10.1 Å². The lowest BCUT2D eigenvalue weighted by molar-refractivity contribution is -0.138. The molecule has 216 valence electrons. The molecule has 7 aliphatic rings. The summed E-state index contributed by atoms with van der Waals surface area (Å²) in [5.41, 5.74) is 1.43. The number of ether oxygens (including phenoxy) is 2. The molecule has 6 heteroatoms. The second-order valence-corrected chi connectivity index (χ2v) is 14.2. The second kappa shape index (κ2) is 8.92. The standard InChI is InChI=1S/C35H41NO5/c1-7-22-13-19(4)28-26-25(22)31(38)27-30-24(20(5)37)16-40-35(30,36-33(27)39)15-21-8-10-23(11-9-21)41-32(26)29-18(3)12-17(2)14-34(28,29)6/h7-11,13,16-18,22,25-30,32H,1,12,14-15H2,2-6H3,(H,36,39)/t17-,18+,22-,25+,26-,27+,28+,29+,30-,32+,34+,35-/m1/s1. The molecule has 4 bridgehead atoms. The topological polar surface area (TPSA) is 81.7 Å². The highest BCUT2D eigenvalue weighted by atomic mass is 16.5. The monoisotopic (exact) mass is 555 g/mol. The van der Waals surface area contributed by atoms with Crippen LogP contribution >= 0.6 is 0 Å². The summed E-state index contributed by atoms with van der Waals surface area (Å²) < 4.78 is 13.2. The fourth-order valence-electron chi connectivity index (χ4n) is 10.8. The van der Waals surface area contributed by atoms with Gasteiger partial charge in [0.1, 0.15) is 17.8 Å². The Kier molecular flexibility index (Phi) is 5.82. The Bertz CT molecular complexity index is 1410. The number of hydrogen-bond donors (Lipinski definition) is 1. The second-order valence-electron chi connectivity index (χ2n) is 14.2. The predicted molar refractivity (Wildman–Crippen MR) is 154 cm³/mol. The van der Waals surface area contributed by atoms with Crippen molar-refractivity contribution < 1.29 is 23.9 Å². The lowest BCUT2D eigenvalue weighted by atomic mass is 9.55. The van der Waals surface area contributed by atoms with Gasteiger partial charge < -0.3 is 14.8 Å². The first-order valence-corrected chi connectivity index (χ1v) is 15.3.